The van der Waals surface area contributed by atoms with Crippen molar-refractivity contribution in [3.05, 3.63) is 48.5 Å². The van der Waals surface area contributed by atoms with Crippen molar-refractivity contribution in [1.82, 2.24) is 14.2 Å². The van der Waals surface area contributed by atoms with Crippen LogP contribution in [0.15, 0.2) is 53.4 Å². The van der Waals surface area contributed by atoms with Gasteiger partial charge >= 0.3 is 0 Å². The molecular weight excluding hydrogens is 498 g/mol. The molecule has 1 aromatic heterocycles. The molecule has 0 amide bonds. The fourth-order valence-electron chi connectivity index (χ4n) is 4.94. The summed E-state index contributed by atoms with van der Waals surface area (Å²) in [5, 5.41) is 43.9. The Kier molecular flexibility index (Phi) is 8.60. The molecule has 1 aliphatic rings. The molecule has 3 unspecified atom stereocenters. The van der Waals surface area contributed by atoms with E-state index in [1.54, 1.807) is 41.3 Å². The fourth-order valence-corrected chi connectivity index (χ4v) is 6.01. The summed E-state index contributed by atoms with van der Waals surface area (Å²) in [6.07, 6.45) is 1.79. The summed E-state index contributed by atoms with van der Waals surface area (Å²) in [5.74, 6) is 0.376. The molecule has 2 heterocycles. The van der Waals surface area contributed by atoms with Crippen LogP contribution in [0.3, 0.4) is 0 Å². The van der Waals surface area contributed by atoms with Crippen LogP contribution in [0.25, 0.3) is 10.8 Å². The maximum Gasteiger partial charge on any atom is 0.240 e. The number of aliphatic hydroxyl groups is 2. The number of hydrogen-bond donors (Lipinski definition) is 5. The summed E-state index contributed by atoms with van der Waals surface area (Å²) in [4.78, 5) is 1.77. The van der Waals surface area contributed by atoms with Crippen molar-refractivity contribution < 1.29 is 33.6 Å². The molecule has 0 aliphatic carbocycles. The summed E-state index contributed by atoms with van der Waals surface area (Å²) < 4.78 is 33.8. The monoisotopic (exact) mass is 533 g/mol. The molecule has 3 atom stereocenters. The number of nitrogens with one attached hydrogen (secondary N) is 1. The minimum absolute atomic E-state index is 0.106. The Morgan fingerprint density at radius 2 is 1.54 bits per heavy atom. The fraction of sp³-hybridized carbons (Fsp3) is 0.462. The topological polar surface area (TPSA) is 144 Å². The quantitative estimate of drug-likeness (QED) is 0.237. The SMILES string of the molecule is COc1ccc(S(=O)(=O)NCCCCCCN2C(O)CCC(n3c(O)c4ccccc4c3O)C2O)cc1. The van der Waals surface area contributed by atoms with E-state index < -0.39 is 28.5 Å². The predicted molar refractivity (Wildman–Crippen MR) is 139 cm³/mol. The molecular formula is C26H35N3O7S. The average molecular weight is 534 g/mol. The number of aliphatic hydroxyl groups excluding tert-OH is 2. The van der Waals surface area contributed by atoms with Crippen LogP contribution in [-0.4, -0.2) is 71.0 Å². The Morgan fingerprint density at radius 3 is 2.16 bits per heavy atom. The van der Waals surface area contributed by atoms with E-state index in [1.165, 1.54) is 23.8 Å². The molecule has 0 bridgehead atoms. The van der Waals surface area contributed by atoms with Gasteiger partial charge in [-0.05, 0) is 62.1 Å². The maximum atomic E-state index is 12.4. The van der Waals surface area contributed by atoms with E-state index in [0.29, 0.717) is 55.3 Å². The summed E-state index contributed by atoms with van der Waals surface area (Å²) in [6.45, 7) is 0.740. The third-order valence-electron chi connectivity index (χ3n) is 6.99. The lowest BCUT2D eigenvalue weighted by Crippen LogP contribution is -2.51. The first-order chi connectivity index (χ1) is 17.7. The molecule has 5 N–H and O–H groups in total. The lowest BCUT2D eigenvalue weighted by Gasteiger charge is -2.42. The van der Waals surface area contributed by atoms with Crippen molar-refractivity contribution >= 4 is 20.8 Å². The van der Waals surface area contributed by atoms with Crippen LogP contribution in [0, 0.1) is 0 Å². The van der Waals surface area contributed by atoms with Crippen LogP contribution >= 0.6 is 0 Å². The molecule has 0 radical (unpaired) electrons. The van der Waals surface area contributed by atoms with Crippen molar-refractivity contribution in [2.24, 2.45) is 0 Å². The predicted octanol–water partition coefficient (Wildman–Crippen LogP) is 2.87. The Balaban J connectivity index is 1.25. The van der Waals surface area contributed by atoms with Gasteiger partial charge in [-0.15, -0.1) is 0 Å². The largest absolute Gasteiger partial charge is 0.497 e. The summed E-state index contributed by atoms with van der Waals surface area (Å²) in [6, 6.07) is 12.5. The third kappa shape index (κ3) is 5.86. The number of unbranched alkanes of at least 4 members (excludes halogenated alkanes) is 3. The highest BCUT2D eigenvalue weighted by Gasteiger charge is 2.38. The Hall–Kier alpha value is -2.83. The highest BCUT2D eigenvalue weighted by atomic mass is 32.2. The van der Waals surface area contributed by atoms with Crippen molar-refractivity contribution in [1.29, 1.82) is 0 Å². The van der Waals surface area contributed by atoms with Gasteiger partial charge in [-0.3, -0.25) is 9.47 Å². The molecule has 0 spiro atoms. The van der Waals surface area contributed by atoms with Gasteiger partial charge < -0.3 is 25.2 Å². The Bertz CT molecular complexity index is 1250. The molecule has 4 rings (SSSR count). The van der Waals surface area contributed by atoms with Crippen LogP contribution in [0.2, 0.25) is 0 Å². The number of piperidine rings is 1. The number of likely N-dealkylation sites (tertiary alicyclic amines) is 1. The van der Waals surface area contributed by atoms with Gasteiger partial charge in [-0.1, -0.05) is 25.0 Å². The molecule has 2 aromatic carbocycles. The van der Waals surface area contributed by atoms with Crippen molar-refractivity contribution in [3.63, 3.8) is 0 Å². The standard InChI is InChI=1S/C26H35N3O7S/c1-36-18-10-12-19(13-11-18)37(34,35)27-16-6-2-3-7-17-28-23(30)15-14-22(26(28)33)29-24(31)20-8-4-5-9-21(20)25(29)32/h4-5,8-13,22-23,26-27,30-33H,2-3,6-7,14-17H2,1H3. The van der Waals surface area contributed by atoms with Gasteiger partial charge in [0.05, 0.1) is 18.0 Å². The van der Waals surface area contributed by atoms with E-state index in [0.717, 1.165) is 12.8 Å². The second-order valence-electron chi connectivity index (χ2n) is 9.33. The molecule has 3 aromatic rings. The van der Waals surface area contributed by atoms with Gasteiger partial charge in [-0.25, -0.2) is 13.1 Å². The van der Waals surface area contributed by atoms with Gasteiger partial charge in [0.15, 0.2) is 0 Å². The zero-order chi connectivity index (χ0) is 26.6. The molecule has 11 heteroatoms. The number of ether oxygens (including phenoxy) is 1. The average Bonchev–Trinajstić information content (AvgIpc) is 3.15. The van der Waals surface area contributed by atoms with Crippen LogP contribution in [0.5, 0.6) is 17.5 Å². The second-order valence-corrected chi connectivity index (χ2v) is 11.1. The van der Waals surface area contributed by atoms with Crippen LogP contribution in [0.4, 0.5) is 0 Å². The number of rotatable bonds is 11. The van der Waals surface area contributed by atoms with E-state index >= 15 is 0 Å². The normalized spacial score (nSPS) is 20.9. The smallest absolute Gasteiger partial charge is 0.240 e. The minimum Gasteiger partial charge on any atom is -0.497 e. The molecule has 1 saturated heterocycles. The van der Waals surface area contributed by atoms with Crippen molar-refractivity contribution in [2.45, 2.75) is 61.9 Å². The number of methoxy groups -OCH3 is 1. The first-order valence-corrected chi connectivity index (χ1v) is 14.0. The van der Waals surface area contributed by atoms with Crippen LogP contribution in [0.1, 0.15) is 44.6 Å². The Morgan fingerprint density at radius 1 is 0.919 bits per heavy atom. The summed E-state index contributed by atoms with van der Waals surface area (Å²) in [7, 11) is -2.06. The molecule has 10 nitrogen and oxygen atoms in total. The Labute approximate surface area is 216 Å². The molecule has 1 fully saturated rings. The van der Waals surface area contributed by atoms with E-state index in [1.807, 2.05) is 0 Å². The summed E-state index contributed by atoms with van der Waals surface area (Å²) in [5.41, 5.74) is 0. The first kappa shape index (κ1) is 27.2. The van der Waals surface area contributed by atoms with Crippen molar-refractivity contribution in [2.75, 3.05) is 20.2 Å². The zero-order valence-electron chi connectivity index (χ0n) is 20.8. The van der Waals surface area contributed by atoms with E-state index in [2.05, 4.69) is 4.72 Å². The van der Waals surface area contributed by atoms with Gasteiger partial charge in [0, 0.05) is 23.9 Å². The van der Waals surface area contributed by atoms with Gasteiger partial charge in [0.25, 0.3) is 0 Å². The number of nitrogens with zero attached hydrogens (tertiary/aromatic N) is 2. The molecule has 202 valence electrons. The maximum absolute atomic E-state index is 12.4. The number of aromatic nitrogens is 1. The van der Waals surface area contributed by atoms with Crippen LogP contribution in [-0.2, 0) is 10.0 Å². The lowest BCUT2D eigenvalue weighted by atomic mass is 10.0. The molecule has 1 aliphatic heterocycles. The number of fused-ring (bicyclic) bond motifs is 1. The number of hydrogen-bond acceptors (Lipinski definition) is 8. The first-order valence-electron chi connectivity index (χ1n) is 12.5. The van der Waals surface area contributed by atoms with E-state index in [-0.39, 0.29) is 16.7 Å². The number of benzene rings is 2. The number of aromatic hydroxyl groups is 2. The molecule has 0 saturated carbocycles. The molecule has 37 heavy (non-hydrogen) atoms. The van der Waals surface area contributed by atoms with Gasteiger partial charge in [0.2, 0.25) is 21.8 Å². The van der Waals surface area contributed by atoms with Gasteiger partial charge in [0.1, 0.15) is 18.2 Å². The highest BCUT2D eigenvalue weighted by molar-refractivity contribution is 7.89. The van der Waals surface area contributed by atoms with Crippen molar-refractivity contribution in [3.8, 4) is 17.5 Å². The van der Waals surface area contributed by atoms with Gasteiger partial charge in [-0.2, -0.15) is 0 Å². The number of sulfonamides is 1. The third-order valence-corrected chi connectivity index (χ3v) is 8.47. The minimum atomic E-state index is -3.58. The van der Waals surface area contributed by atoms with E-state index in [4.69, 9.17) is 4.74 Å². The zero-order valence-corrected chi connectivity index (χ0v) is 21.6. The second kappa shape index (κ2) is 11.7. The summed E-state index contributed by atoms with van der Waals surface area (Å²) >= 11 is 0. The van der Waals surface area contributed by atoms with Crippen LogP contribution < -0.4 is 9.46 Å². The lowest BCUT2D eigenvalue weighted by molar-refractivity contribution is -0.154. The van der Waals surface area contributed by atoms with E-state index in [9.17, 15) is 28.8 Å². The highest BCUT2D eigenvalue weighted by Crippen LogP contribution is 2.43.